The average molecular weight is 327 g/mol. The van der Waals surface area contributed by atoms with Crippen LogP contribution < -0.4 is 0 Å². The van der Waals surface area contributed by atoms with Crippen molar-refractivity contribution in [1.29, 1.82) is 0 Å². The van der Waals surface area contributed by atoms with Crippen LogP contribution in [0, 0.1) is 11.6 Å². The van der Waals surface area contributed by atoms with Crippen LogP contribution in [-0.2, 0) is 5.41 Å². The molecule has 0 saturated heterocycles. The Morgan fingerprint density at radius 1 is 1.08 bits per heavy atom. The summed E-state index contributed by atoms with van der Waals surface area (Å²) in [6.07, 6.45) is 6.57. The molecule has 0 unspecified atom stereocenters. The van der Waals surface area contributed by atoms with E-state index in [1.54, 1.807) is 18.5 Å². The third kappa shape index (κ3) is 2.38. The van der Waals surface area contributed by atoms with Gasteiger partial charge in [-0.1, -0.05) is 24.1 Å². The van der Waals surface area contributed by atoms with Crippen LogP contribution in [0.15, 0.2) is 47.2 Å². The molecule has 1 aliphatic rings. The SMILES string of the molecule is Fc1ccc(C2(c3nc(-c4cccnc4)no3)CCCC2)c(F)c1. The maximum absolute atomic E-state index is 14.4. The summed E-state index contributed by atoms with van der Waals surface area (Å²) in [4.78, 5) is 8.54. The van der Waals surface area contributed by atoms with Crippen LogP contribution in [-0.4, -0.2) is 15.1 Å². The molecule has 3 aromatic rings. The van der Waals surface area contributed by atoms with Crippen LogP contribution in [0.2, 0.25) is 0 Å². The summed E-state index contributed by atoms with van der Waals surface area (Å²) in [5.41, 5.74) is 0.466. The van der Waals surface area contributed by atoms with E-state index in [1.165, 1.54) is 12.1 Å². The molecular formula is C18H15F2N3O. The van der Waals surface area contributed by atoms with E-state index < -0.39 is 17.0 Å². The first-order valence-corrected chi connectivity index (χ1v) is 7.89. The lowest BCUT2D eigenvalue weighted by atomic mass is 9.78. The topological polar surface area (TPSA) is 51.8 Å². The summed E-state index contributed by atoms with van der Waals surface area (Å²) in [5.74, 6) is -0.361. The van der Waals surface area contributed by atoms with Gasteiger partial charge in [0.2, 0.25) is 11.7 Å². The Kier molecular flexibility index (Phi) is 3.59. The first-order valence-electron chi connectivity index (χ1n) is 7.89. The number of aromatic nitrogens is 3. The monoisotopic (exact) mass is 327 g/mol. The summed E-state index contributed by atoms with van der Waals surface area (Å²) >= 11 is 0. The van der Waals surface area contributed by atoms with Crippen molar-refractivity contribution in [2.24, 2.45) is 0 Å². The fourth-order valence-corrected chi connectivity index (χ4v) is 3.48. The Morgan fingerprint density at radius 2 is 1.92 bits per heavy atom. The minimum Gasteiger partial charge on any atom is -0.338 e. The Morgan fingerprint density at radius 3 is 2.62 bits per heavy atom. The fraction of sp³-hybridized carbons (Fsp3) is 0.278. The van der Waals surface area contributed by atoms with Crippen LogP contribution in [0.5, 0.6) is 0 Å². The largest absolute Gasteiger partial charge is 0.338 e. The van der Waals surface area contributed by atoms with E-state index in [9.17, 15) is 8.78 Å². The van der Waals surface area contributed by atoms with Crippen molar-refractivity contribution in [2.75, 3.05) is 0 Å². The van der Waals surface area contributed by atoms with E-state index in [-0.39, 0.29) is 0 Å². The van der Waals surface area contributed by atoms with Crippen molar-refractivity contribution in [1.82, 2.24) is 15.1 Å². The molecule has 0 amide bonds. The average Bonchev–Trinajstić information content (AvgIpc) is 3.26. The molecule has 1 saturated carbocycles. The third-order valence-corrected chi connectivity index (χ3v) is 4.66. The summed E-state index contributed by atoms with van der Waals surface area (Å²) in [7, 11) is 0. The molecule has 4 rings (SSSR count). The van der Waals surface area contributed by atoms with Gasteiger partial charge in [0.05, 0.1) is 5.41 Å². The highest BCUT2D eigenvalue weighted by Gasteiger charge is 2.44. The number of hydrogen-bond donors (Lipinski definition) is 0. The maximum Gasteiger partial charge on any atom is 0.237 e. The Hall–Kier alpha value is -2.63. The molecule has 4 nitrogen and oxygen atoms in total. The lowest BCUT2D eigenvalue weighted by Crippen LogP contribution is -2.25. The standard InChI is InChI=1S/C18H15F2N3O/c19-13-5-6-14(15(20)10-13)18(7-1-2-8-18)17-22-16(23-24-17)12-4-3-9-21-11-12/h3-6,9-11H,1-2,7-8H2. The zero-order chi connectivity index (χ0) is 16.6. The van der Waals surface area contributed by atoms with E-state index in [0.29, 0.717) is 30.1 Å². The zero-order valence-corrected chi connectivity index (χ0v) is 12.9. The van der Waals surface area contributed by atoms with Gasteiger partial charge in [0, 0.05) is 29.6 Å². The molecule has 0 spiro atoms. The van der Waals surface area contributed by atoms with Crippen molar-refractivity contribution in [3.8, 4) is 11.4 Å². The lowest BCUT2D eigenvalue weighted by molar-refractivity contribution is 0.305. The summed E-state index contributed by atoms with van der Waals surface area (Å²) in [5, 5.41) is 4.03. The first kappa shape index (κ1) is 14.9. The summed E-state index contributed by atoms with van der Waals surface area (Å²) in [6.45, 7) is 0. The van der Waals surface area contributed by atoms with E-state index in [1.807, 2.05) is 6.07 Å². The molecule has 1 aliphatic carbocycles. The molecule has 0 aliphatic heterocycles. The van der Waals surface area contributed by atoms with Crippen molar-refractivity contribution >= 4 is 0 Å². The summed E-state index contributed by atoms with van der Waals surface area (Å²) in [6, 6.07) is 7.30. The van der Waals surface area contributed by atoms with E-state index in [0.717, 1.165) is 24.5 Å². The van der Waals surface area contributed by atoms with Gasteiger partial charge in [-0.05, 0) is 31.0 Å². The number of benzene rings is 1. The quantitative estimate of drug-likeness (QED) is 0.721. The molecule has 122 valence electrons. The van der Waals surface area contributed by atoms with Gasteiger partial charge >= 0.3 is 0 Å². The van der Waals surface area contributed by atoms with Gasteiger partial charge in [-0.2, -0.15) is 4.98 Å². The van der Waals surface area contributed by atoms with Crippen molar-refractivity contribution < 1.29 is 13.3 Å². The maximum atomic E-state index is 14.4. The van der Waals surface area contributed by atoms with Crippen LogP contribution >= 0.6 is 0 Å². The number of pyridine rings is 1. The van der Waals surface area contributed by atoms with Crippen molar-refractivity contribution in [2.45, 2.75) is 31.1 Å². The lowest BCUT2D eigenvalue weighted by Gasteiger charge is -2.25. The molecule has 2 aromatic heterocycles. The number of hydrogen-bond acceptors (Lipinski definition) is 4. The zero-order valence-electron chi connectivity index (χ0n) is 12.9. The molecule has 0 atom stereocenters. The van der Waals surface area contributed by atoms with Gasteiger partial charge in [-0.15, -0.1) is 0 Å². The second-order valence-corrected chi connectivity index (χ2v) is 6.08. The molecule has 0 radical (unpaired) electrons. The van der Waals surface area contributed by atoms with Gasteiger partial charge in [0.25, 0.3) is 0 Å². The second kappa shape index (κ2) is 5.78. The van der Waals surface area contributed by atoms with E-state index >= 15 is 0 Å². The third-order valence-electron chi connectivity index (χ3n) is 4.66. The first-order chi connectivity index (χ1) is 11.7. The molecule has 24 heavy (non-hydrogen) atoms. The van der Waals surface area contributed by atoms with Gasteiger partial charge < -0.3 is 4.52 Å². The highest BCUT2D eigenvalue weighted by Crippen LogP contribution is 2.47. The highest BCUT2D eigenvalue weighted by molar-refractivity contribution is 5.52. The molecule has 0 bridgehead atoms. The van der Waals surface area contributed by atoms with E-state index in [2.05, 4.69) is 15.1 Å². The van der Waals surface area contributed by atoms with Crippen LogP contribution in [0.25, 0.3) is 11.4 Å². The molecule has 6 heteroatoms. The summed E-state index contributed by atoms with van der Waals surface area (Å²) < 4.78 is 33.2. The van der Waals surface area contributed by atoms with Crippen molar-refractivity contribution in [3.63, 3.8) is 0 Å². The fourth-order valence-electron chi connectivity index (χ4n) is 3.48. The Bertz CT molecular complexity index is 858. The van der Waals surface area contributed by atoms with Crippen molar-refractivity contribution in [3.05, 3.63) is 65.8 Å². The number of nitrogens with zero attached hydrogens (tertiary/aromatic N) is 3. The van der Waals surface area contributed by atoms with Crippen LogP contribution in [0.3, 0.4) is 0 Å². The highest BCUT2D eigenvalue weighted by atomic mass is 19.1. The molecule has 2 heterocycles. The van der Waals surface area contributed by atoms with E-state index in [4.69, 9.17) is 4.52 Å². The number of rotatable bonds is 3. The molecular weight excluding hydrogens is 312 g/mol. The molecule has 1 aromatic carbocycles. The Labute approximate surface area is 137 Å². The van der Waals surface area contributed by atoms with Crippen LogP contribution in [0.4, 0.5) is 8.78 Å². The van der Waals surface area contributed by atoms with Gasteiger partial charge in [0.1, 0.15) is 11.6 Å². The van der Waals surface area contributed by atoms with Crippen LogP contribution in [0.1, 0.15) is 37.1 Å². The van der Waals surface area contributed by atoms with Gasteiger partial charge in [-0.3, -0.25) is 4.98 Å². The Balaban J connectivity index is 1.81. The minimum absolute atomic E-state index is 0.379. The predicted octanol–water partition coefficient (Wildman–Crippen LogP) is 4.27. The minimum atomic E-state index is -0.689. The molecule has 1 fully saturated rings. The second-order valence-electron chi connectivity index (χ2n) is 6.08. The number of halogens is 2. The molecule has 0 N–H and O–H groups in total. The van der Waals surface area contributed by atoms with Gasteiger partial charge in [-0.25, -0.2) is 8.78 Å². The van der Waals surface area contributed by atoms with Gasteiger partial charge in [0.15, 0.2) is 0 Å². The predicted molar refractivity (Wildman–Crippen MR) is 83.1 cm³/mol. The smallest absolute Gasteiger partial charge is 0.237 e. The normalized spacial score (nSPS) is 16.4.